The standard InChI is InChI=1S/4C26H45N5O5.Cu/c4*1-2-3-4-5-6-7-8-9-10-11-12-13-14-15-23(32)28-18-24(33)29-19-25(34)31-22(26(35)36)16-21-17-27-20-30-21;/h4*17,20,22H,2-16,18-19H2,1H3,(H,27,30)(H,28,32)(H,29,33)(H,31,34)(H,35,36);/q;;;;+2/t4*22-;/m0000./s1. The van der Waals surface area contributed by atoms with Crippen LogP contribution in [-0.2, 0) is 119 Å². The summed E-state index contributed by atoms with van der Waals surface area (Å²) in [7, 11) is 0. The topological polar surface area (TPSA) is 613 Å². The summed E-state index contributed by atoms with van der Waals surface area (Å²) in [6, 6.07) is -4.57. The summed E-state index contributed by atoms with van der Waals surface area (Å²) < 4.78 is 0. The first kappa shape index (κ1) is 134. The number of aromatic nitrogens is 8. The molecule has 20 N–H and O–H groups in total. The molecule has 825 valence electrons. The Kier molecular flexibility index (Phi) is 86.7. The molecule has 4 heterocycles. The Morgan fingerprint density at radius 3 is 0.469 bits per heavy atom. The fourth-order valence-electron chi connectivity index (χ4n) is 15.5. The van der Waals surface area contributed by atoms with Gasteiger partial charge in [0.25, 0.3) is 0 Å². The normalized spacial score (nSPS) is 11.5. The van der Waals surface area contributed by atoms with E-state index in [4.69, 9.17) is 0 Å². The first-order chi connectivity index (χ1) is 69.7. The van der Waals surface area contributed by atoms with Gasteiger partial charge in [0.1, 0.15) is 24.2 Å². The molecule has 12 amide bonds. The number of carbonyl (C=O) groups excluding carboxylic acids is 12. The zero-order chi connectivity index (χ0) is 106. The quantitative estimate of drug-likeness (QED) is 0.0144. The van der Waals surface area contributed by atoms with Crippen LogP contribution in [0.4, 0.5) is 0 Å². The largest absolute Gasteiger partial charge is 2.00 e. The molecule has 41 heteroatoms. The van der Waals surface area contributed by atoms with Crippen molar-refractivity contribution < 1.29 is 114 Å². The van der Waals surface area contributed by atoms with Crippen molar-refractivity contribution in [3.05, 3.63) is 72.9 Å². The first-order valence-electron chi connectivity index (χ1n) is 53.8. The second-order valence-corrected chi connectivity index (χ2v) is 37.1. The van der Waals surface area contributed by atoms with Crippen molar-refractivity contribution in [2.24, 2.45) is 0 Å². The molecule has 0 fully saturated rings. The van der Waals surface area contributed by atoms with Crippen LogP contribution in [0.15, 0.2) is 50.1 Å². The Labute approximate surface area is 870 Å². The molecule has 4 rings (SSSR count). The van der Waals surface area contributed by atoms with E-state index in [0.29, 0.717) is 48.5 Å². The number of carboxylic acids is 4. The van der Waals surface area contributed by atoms with E-state index in [1.807, 2.05) is 0 Å². The van der Waals surface area contributed by atoms with Gasteiger partial charge in [-0.3, -0.25) is 57.5 Å². The van der Waals surface area contributed by atoms with Crippen molar-refractivity contribution in [2.45, 2.75) is 437 Å². The van der Waals surface area contributed by atoms with Gasteiger partial charge in [-0.2, -0.15) is 0 Å². The number of rotatable bonds is 88. The summed E-state index contributed by atoms with van der Waals surface area (Å²) in [6.07, 6.45) is 77.6. The molecule has 0 spiro atoms. The monoisotopic (exact) mass is 2090 g/mol. The number of imidazole rings is 4. The number of hydrogen-bond acceptors (Lipinski definition) is 20. The number of carboxylic acid groups (broad SMARTS) is 4. The number of hydrogen-bond donors (Lipinski definition) is 20. The van der Waals surface area contributed by atoms with Gasteiger partial charge in [-0.05, 0) is 25.7 Å². The Hall–Kier alpha value is -11.1. The molecular weight excluding hydrogens is 1910 g/mol. The average molecular weight is 2090 g/mol. The third-order valence-electron chi connectivity index (χ3n) is 24.0. The first-order valence-corrected chi connectivity index (χ1v) is 53.8. The minimum Gasteiger partial charge on any atom is -0.480 e. The van der Waals surface area contributed by atoms with Gasteiger partial charge in [-0.1, -0.05) is 336 Å². The van der Waals surface area contributed by atoms with Gasteiger partial charge < -0.3 is 104 Å². The van der Waals surface area contributed by atoms with Crippen LogP contribution >= 0.6 is 0 Å². The summed E-state index contributed by atoms with van der Waals surface area (Å²) in [5.74, 6) is -10.1. The number of aliphatic carboxylic acids is 4. The molecule has 0 aromatic carbocycles. The number of amides is 12. The van der Waals surface area contributed by atoms with Crippen molar-refractivity contribution in [1.29, 1.82) is 0 Å². The summed E-state index contributed by atoms with van der Waals surface area (Å²) >= 11 is 0. The Bertz CT molecular complexity index is 3530. The van der Waals surface area contributed by atoms with Crippen molar-refractivity contribution in [2.75, 3.05) is 52.4 Å². The van der Waals surface area contributed by atoms with E-state index in [1.54, 1.807) is 0 Å². The maximum absolute atomic E-state index is 12.0. The van der Waals surface area contributed by atoms with Crippen LogP contribution in [0.2, 0.25) is 0 Å². The van der Waals surface area contributed by atoms with E-state index in [2.05, 4.69) is 131 Å². The van der Waals surface area contributed by atoms with Gasteiger partial charge in [-0.25, -0.2) is 39.1 Å². The summed E-state index contributed by atoms with van der Waals surface area (Å²) in [6.45, 7) is 6.58. The fraction of sp³-hybridized carbons (Fsp3) is 0.731. The smallest absolute Gasteiger partial charge is 0.480 e. The number of nitrogens with zero attached hydrogens (tertiary/aromatic N) is 4. The predicted molar refractivity (Wildman–Crippen MR) is 553 cm³/mol. The predicted octanol–water partition coefficient (Wildman–Crippen LogP) is 12.9. The molecular formula is C104H180CuN20O20+2. The summed E-state index contributed by atoms with van der Waals surface area (Å²) in [5, 5.41) is 66.1. The molecule has 0 saturated heterocycles. The van der Waals surface area contributed by atoms with Gasteiger partial charge in [0.05, 0.1) is 77.7 Å². The zero-order valence-electron chi connectivity index (χ0n) is 87.4. The SMILES string of the molecule is CCCCCCCCCCCCCCCC(=O)NCC(=O)NCC(=O)N[C@@H](Cc1cnc[nH]1)C(=O)O.CCCCCCCCCCCCCCCC(=O)NCC(=O)NCC(=O)N[C@@H](Cc1cnc[nH]1)C(=O)O.CCCCCCCCCCCCCCCC(=O)NCC(=O)NCC(=O)N[C@@H](Cc1cnc[nH]1)C(=O)O.CCCCCCCCCCCCCCCC(=O)NCC(=O)NCC(=O)N[C@@H](Cc1cnc[nH]1)C(=O)O.[Cu+2]. The van der Waals surface area contributed by atoms with Gasteiger partial charge in [0.2, 0.25) is 70.9 Å². The minimum absolute atomic E-state index is 0. The van der Waals surface area contributed by atoms with E-state index < -0.39 is 95.3 Å². The number of H-pyrrole nitrogens is 4. The van der Waals surface area contributed by atoms with Crippen molar-refractivity contribution in [3.63, 3.8) is 0 Å². The van der Waals surface area contributed by atoms with Crippen molar-refractivity contribution >= 4 is 94.8 Å². The number of carbonyl (C=O) groups is 16. The van der Waals surface area contributed by atoms with E-state index in [-0.39, 0.29) is 119 Å². The zero-order valence-corrected chi connectivity index (χ0v) is 88.4. The summed E-state index contributed by atoms with van der Waals surface area (Å²) in [4.78, 5) is 215. The van der Waals surface area contributed by atoms with Gasteiger partial charge in [-0.15, -0.1) is 0 Å². The van der Waals surface area contributed by atoms with E-state index in [9.17, 15) is 97.1 Å². The van der Waals surface area contributed by atoms with Crippen LogP contribution in [0.25, 0.3) is 0 Å². The Morgan fingerprint density at radius 1 is 0.207 bits per heavy atom. The summed E-state index contributed by atoms with van der Waals surface area (Å²) in [5.41, 5.74) is 2.27. The number of unbranched alkanes of at least 4 members (excludes halogenated alkanes) is 48. The van der Waals surface area contributed by atoms with E-state index in [0.717, 1.165) is 77.0 Å². The maximum Gasteiger partial charge on any atom is 2.00 e. The minimum atomic E-state index is -1.19. The molecule has 4 aromatic heterocycles. The second kappa shape index (κ2) is 93.9. The molecule has 0 bridgehead atoms. The number of nitrogens with one attached hydrogen (secondary N) is 16. The molecule has 0 saturated carbocycles. The molecule has 40 nitrogen and oxygen atoms in total. The van der Waals surface area contributed by atoms with E-state index in [1.165, 1.54) is 307 Å². The van der Waals surface area contributed by atoms with Crippen LogP contribution < -0.4 is 63.8 Å². The number of aromatic amines is 4. The molecule has 4 atom stereocenters. The van der Waals surface area contributed by atoms with Crippen LogP contribution in [0.3, 0.4) is 0 Å². The van der Waals surface area contributed by atoms with Crippen LogP contribution in [0, 0.1) is 0 Å². The molecule has 145 heavy (non-hydrogen) atoms. The third kappa shape index (κ3) is 83.7. The second-order valence-electron chi connectivity index (χ2n) is 37.1. The van der Waals surface area contributed by atoms with Gasteiger partial charge >= 0.3 is 40.9 Å². The molecule has 0 aliphatic heterocycles. The molecule has 4 aromatic rings. The van der Waals surface area contributed by atoms with Crippen LogP contribution in [0.5, 0.6) is 0 Å². The van der Waals surface area contributed by atoms with Crippen LogP contribution in [-0.4, -0.2) is 232 Å². The molecule has 0 unspecified atom stereocenters. The third-order valence-corrected chi connectivity index (χ3v) is 24.0. The fourth-order valence-corrected chi connectivity index (χ4v) is 15.5. The van der Waals surface area contributed by atoms with E-state index >= 15 is 0 Å². The molecule has 1 radical (unpaired) electrons. The molecule has 0 aliphatic rings. The average Bonchev–Trinajstić information content (AvgIpc) is 1.84. The van der Waals surface area contributed by atoms with Gasteiger partial charge in [0, 0.05) is 98.9 Å². The Balaban J connectivity index is 0.00000190. The maximum atomic E-state index is 12.0. The van der Waals surface area contributed by atoms with Crippen molar-refractivity contribution in [1.82, 2.24) is 104 Å². The van der Waals surface area contributed by atoms with Crippen molar-refractivity contribution in [3.8, 4) is 0 Å². The van der Waals surface area contributed by atoms with Gasteiger partial charge in [0.15, 0.2) is 0 Å². The van der Waals surface area contributed by atoms with Crippen LogP contribution in [0.1, 0.15) is 410 Å². The Morgan fingerprint density at radius 2 is 0.338 bits per heavy atom. The molecule has 0 aliphatic carbocycles.